The normalized spacial score (nSPS) is 11.3. The van der Waals surface area contributed by atoms with Crippen molar-refractivity contribution in [1.29, 1.82) is 0 Å². The van der Waals surface area contributed by atoms with Gasteiger partial charge in [-0.15, -0.1) is 11.3 Å². The number of halogens is 2. The van der Waals surface area contributed by atoms with Gasteiger partial charge in [0.15, 0.2) is 0 Å². The van der Waals surface area contributed by atoms with Crippen LogP contribution in [0.1, 0.15) is 9.67 Å². The second kappa shape index (κ2) is 10.3. The zero-order valence-corrected chi connectivity index (χ0v) is 22.9. The first-order chi connectivity index (χ1) is 19.7. The number of benzene rings is 3. The number of nitrogens with zero attached hydrogens (tertiary/aromatic N) is 3. The van der Waals surface area contributed by atoms with Gasteiger partial charge in [0.2, 0.25) is 5.91 Å². The molecule has 1 amide bonds. The summed E-state index contributed by atoms with van der Waals surface area (Å²) >= 11 is 1.17. The predicted molar refractivity (Wildman–Crippen MR) is 157 cm³/mol. The van der Waals surface area contributed by atoms with Gasteiger partial charge in [0.05, 0.1) is 32.7 Å². The largest absolute Gasteiger partial charge is 0.477 e. The SMILES string of the molecule is CN(C)C(=O)Cn1c(-c2ccc3nc(-c4c(F)cccc4F)ccc3c2)c(-c2ccccc2)c2sc(C(=O)O)cc21. The number of hydrogen-bond donors (Lipinski definition) is 1. The van der Waals surface area contributed by atoms with Crippen molar-refractivity contribution < 1.29 is 23.5 Å². The summed E-state index contributed by atoms with van der Waals surface area (Å²) < 4.78 is 31.5. The summed E-state index contributed by atoms with van der Waals surface area (Å²) in [6.07, 6.45) is 0. The maximum atomic E-state index is 14.4. The number of carbonyl (C=O) groups is 2. The van der Waals surface area contributed by atoms with Crippen molar-refractivity contribution in [2.75, 3.05) is 14.1 Å². The molecule has 0 saturated heterocycles. The molecule has 0 aliphatic rings. The zero-order valence-electron chi connectivity index (χ0n) is 22.1. The van der Waals surface area contributed by atoms with Crippen LogP contribution < -0.4 is 0 Å². The third-order valence-corrected chi connectivity index (χ3v) is 8.11. The van der Waals surface area contributed by atoms with E-state index >= 15 is 0 Å². The topological polar surface area (TPSA) is 75.4 Å². The number of carboxylic acids is 1. The number of amides is 1. The number of likely N-dealkylation sites (N-methyl/N-ethyl adjacent to an activating group) is 1. The van der Waals surface area contributed by atoms with E-state index in [1.165, 1.54) is 34.4 Å². The van der Waals surface area contributed by atoms with Crippen LogP contribution in [0, 0.1) is 11.6 Å². The van der Waals surface area contributed by atoms with E-state index in [0.717, 1.165) is 32.5 Å². The first-order valence-electron chi connectivity index (χ1n) is 12.7. The van der Waals surface area contributed by atoms with Gasteiger partial charge >= 0.3 is 5.97 Å². The maximum Gasteiger partial charge on any atom is 0.345 e. The summed E-state index contributed by atoms with van der Waals surface area (Å²) in [4.78, 5) is 31.1. The van der Waals surface area contributed by atoms with E-state index in [4.69, 9.17) is 0 Å². The van der Waals surface area contributed by atoms with E-state index in [1.54, 1.807) is 38.4 Å². The molecule has 0 radical (unpaired) electrons. The molecule has 204 valence electrons. The molecular formula is C32H23F2N3O3S. The standard InChI is InChI=1S/C32H23F2N3O3S/c1-36(2)27(38)17-37-25-16-26(32(39)40)41-31(25)28(18-7-4-3-5-8-18)30(37)20-12-13-23-19(15-20)11-14-24(35-23)29-21(33)9-6-10-22(29)34/h3-16H,17H2,1-2H3,(H,39,40). The predicted octanol–water partition coefficient (Wildman–Crippen LogP) is 7.32. The van der Waals surface area contributed by atoms with Crippen LogP contribution in [0.3, 0.4) is 0 Å². The molecule has 6 rings (SSSR count). The Hall–Kier alpha value is -4.89. The van der Waals surface area contributed by atoms with E-state index in [2.05, 4.69) is 4.98 Å². The average Bonchev–Trinajstić information content (AvgIpc) is 3.51. The number of rotatable bonds is 6. The van der Waals surface area contributed by atoms with Crippen LogP contribution >= 0.6 is 11.3 Å². The van der Waals surface area contributed by atoms with Crippen LogP contribution in [0.4, 0.5) is 8.78 Å². The molecule has 3 aromatic carbocycles. The molecule has 0 aliphatic heterocycles. The van der Waals surface area contributed by atoms with Gasteiger partial charge in [-0.2, -0.15) is 0 Å². The van der Waals surface area contributed by atoms with E-state index in [-0.39, 0.29) is 28.6 Å². The number of carboxylic acid groups (broad SMARTS) is 1. The lowest BCUT2D eigenvalue weighted by Gasteiger charge is -2.16. The first-order valence-corrected chi connectivity index (χ1v) is 13.5. The second-order valence-electron chi connectivity index (χ2n) is 9.79. The molecule has 0 bridgehead atoms. The highest BCUT2D eigenvalue weighted by molar-refractivity contribution is 7.21. The summed E-state index contributed by atoms with van der Waals surface area (Å²) in [5.41, 5.74) is 4.45. The number of aromatic nitrogens is 2. The third-order valence-electron chi connectivity index (χ3n) is 6.98. The molecule has 0 spiro atoms. The Labute approximate surface area is 237 Å². The fourth-order valence-corrected chi connectivity index (χ4v) is 6.07. The van der Waals surface area contributed by atoms with Gasteiger partial charge in [-0.05, 0) is 47.5 Å². The van der Waals surface area contributed by atoms with Crippen molar-refractivity contribution in [3.63, 3.8) is 0 Å². The highest BCUT2D eigenvalue weighted by Gasteiger charge is 2.26. The van der Waals surface area contributed by atoms with E-state index in [1.807, 2.05) is 47.0 Å². The van der Waals surface area contributed by atoms with Crippen LogP contribution in [-0.4, -0.2) is 45.5 Å². The Morgan fingerprint density at radius 2 is 1.61 bits per heavy atom. The molecule has 0 aliphatic carbocycles. The minimum Gasteiger partial charge on any atom is -0.477 e. The van der Waals surface area contributed by atoms with Crippen molar-refractivity contribution in [2.24, 2.45) is 0 Å². The van der Waals surface area contributed by atoms with Crippen LogP contribution in [0.25, 0.3) is 54.8 Å². The highest BCUT2D eigenvalue weighted by Crippen LogP contribution is 2.45. The van der Waals surface area contributed by atoms with Crippen molar-refractivity contribution in [3.8, 4) is 33.6 Å². The van der Waals surface area contributed by atoms with E-state index in [0.29, 0.717) is 11.0 Å². The number of fused-ring (bicyclic) bond motifs is 2. The quantitative estimate of drug-likeness (QED) is 0.229. The number of aromatic carboxylic acids is 1. The van der Waals surface area contributed by atoms with Gasteiger partial charge in [-0.3, -0.25) is 4.79 Å². The summed E-state index contributed by atoms with van der Waals surface area (Å²) in [6, 6.07) is 23.8. The van der Waals surface area contributed by atoms with Crippen molar-refractivity contribution in [3.05, 3.63) is 101 Å². The minimum atomic E-state index is -1.03. The summed E-state index contributed by atoms with van der Waals surface area (Å²) in [5.74, 6) is -2.56. The third kappa shape index (κ3) is 4.64. The van der Waals surface area contributed by atoms with Gasteiger partial charge in [0.25, 0.3) is 0 Å². The molecule has 6 nitrogen and oxygen atoms in total. The van der Waals surface area contributed by atoms with Crippen molar-refractivity contribution >= 4 is 44.3 Å². The van der Waals surface area contributed by atoms with Crippen molar-refractivity contribution in [1.82, 2.24) is 14.5 Å². The Bertz CT molecular complexity index is 1960. The number of thiophene rings is 1. The first kappa shape index (κ1) is 26.3. The minimum absolute atomic E-state index is 0.00322. The molecule has 3 aromatic heterocycles. The van der Waals surface area contributed by atoms with Gasteiger partial charge < -0.3 is 14.6 Å². The fraction of sp³-hybridized carbons (Fsp3) is 0.0938. The van der Waals surface area contributed by atoms with Crippen LogP contribution in [-0.2, 0) is 11.3 Å². The summed E-state index contributed by atoms with van der Waals surface area (Å²) in [7, 11) is 3.35. The molecule has 0 unspecified atom stereocenters. The maximum absolute atomic E-state index is 14.4. The van der Waals surface area contributed by atoms with Gasteiger partial charge in [-0.1, -0.05) is 48.5 Å². The van der Waals surface area contributed by atoms with E-state index < -0.39 is 17.6 Å². The molecule has 9 heteroatoms. The number of carbonyl (C=O) groups excluding carboxylic acids is 1. The number of hydrogen-bond acceptors (Lipinski definition) is 4. The zero-order chi connectivity index (χ0) is 28.8. The average molecular weight is 568 g/mol. The lowest BCUT2D eigenvalue weighted by molar-refractivity contribution is -0.129. The second-order valence-corrected chi connectivity index (χ2v) is 10.8. The van der Waals surface area contributed by atoms with Crippen LogP contribution in [0.2, 0.25) is 0 Å². The molecule has 41 heavy (non-hydrogen) atoms. The molecule has 1 N–H and O–H groups in total. The lowest BCUT2D eigenvalue weighted by atomic mass is 9.99. The molecule has 0 fully saturated rings. The van der Waals surface area contributed by atoms with Gasteiger partial charge in [0, 0.05) is 25.0 Å². The molecular weight excluding hydrogens is 544 g/mol. The molecule has 3 heterocycles. The fourth-order valence-electron chi connectivity index (χ4n) is 5.00. The summed E-state index contributed by atoms with van der Waals surface area (Å²) in [6.45, 7) is 0.00322. The Morgan fingerprint density at radius 3 is 2.29 bits per heavy atom. The lowest BCUT2D eigenvalue weighted by Crippen LogP contribution is -2.26. The summed E-state index contributed by atoms with van der Waals surface area (Å²) in [5, 5.41) is 10.5. The Kier molecular flexibility index (Phi) is 6.59. The van der Waals surface area contributed by atoms with Crippen molar-refractivity contribution in [2.45, 2.75) is 6.54 Å². The highest BCUT2D eigenvalue weighted by atomic mass is 32.1. The smallest absolute Gasteiger partial charge is 0.345 e. The molecule has 6 aromatic rings. The molecule has 0 saturated carbocycles. The number of pyridine rings is 1. The Morgan fingerprint density at radius 1 is 0.878 bits per heavy atom. The monoisotopic (exact) mass is 567 g/mol. The van der Waals surface area contributed by atoms with Gasteiger partial charge in [-0.25, -0.2) is 18.6 Å². The van der Waals surface area contributed by atoms with Crippen LogP contribution in [0.5, 0.6) is 0 Å². The van der Waals surface area contributed by atoms with Gasteiger partial charge in [0.1, 0.15) is 23.1 Å². The van der Waals surface area contributed by atoms with Crippen LogP contribution in [0.15, 0.2) is 84.9 Å². The molecule has 0 atom stereocenters. The van der Waals surface area contributed by atoms with E-state index in [9.17, 15) is 23.5 Å². The Balaban J connectivity index is 1.59.